The highest BCUT2D eigenvalue weighted by Gasteiger charge is 2.12. The van der Waals surface area contributed by atoms with E-state index in [9.17, 15) is 0 Å². The van der Waals surface area contributed by atoms with E-state index in [1.165, 1.54) is 5.56 Å². The molecule has 3 aromatic rings. The summed E-state index contributed by atoms with van der Waals surface area (Å²) in [6.07, 6.45) is 0. The standard InChI is InChI=1S/C15H12BrNO/c1-9-7-10(2)14-13(8-9)17-15(18-14)11-5-3-4-6-12(11)16/h3-8H,1-2H3. The number of nitrogens with zero attached hydrogens (tertiary/aromatic N) is 1. The van der Waals surface area contributed by atoms with Gasteiger partial charge >= 0.3 is 0 Å². The van der Waals surface area contributed by atoms with Crippen molar-refractivity contribution in [3.8, 4) is 11.5 Å². The summed E-state index contributed by atoms with van der Waals surface area (Å²) in [5.41, 5.74) is 5.08. The Labute approximate surface area is 114 Å². The van der Waals surface area contributed by atoms with Crippen molar-refractivity contribution in [2.24, 2.45) is 0 Å². The summed E-state index contributed by atoms with van der Waals surface area (Å²) in [6.45, 7) is 4.11. The lowest BCUT2D eigenvalue weighted by atomic mass is 10.1. The first kappa shape index (κ1) is 11.5. The van der Waals surface area contributed by atoms with E-state index >= 15 is 0 Å². The molecular formula is C15H12BrNO. The Hall–Kier alpha value is -1.61. The van der Waals surface area contributed by atoms with Gasteiger partial charge in [0.05, 0.1) is 5.56 Å². The molecule has 2 aromatic carbocycles. The lowest BCUT2D eigenvalue weighted by Gasteiger charge is -1.97. The summed E-state index contributed by atoms with van der Waals surface area (Å²) in [5, 5.41) is 0. The van der Waals surface area contributed by atoms with Gasteiger partial charge in [0, 0.05) is 4.47 Å². The molecule has 0 atom stereocenters. The van der Waals surface area contributed by atoms with Crippen molar-refractivity contribution in [3.05, 3.63) is 52.0 Å². The van der Waals surface area contributed by atoms with Crippen molar-refractivity contribution < 1.29 is 4.42 Å². The van der Waals surface area contributed by atoms with Crippen molar-refractivity contribution in [2.75, 3.05) is 0 Å². The van der Waals surface area contributed by atoms with Crippen LogP contribution >= 0.6 is 15.9 Å². The summed E-state index contributed by atoms with van der Waals surface area (Å²) in [5.74, 6) is 0.658. The summed E-state index contributed by atoms with van der Waals surface area (Å²) >= 11 is 3.52. The summed E-state index contributed by atoms with van der Waals surface area (Å²) < 4.78 is 6.87. The minimum atomic E-state index is 0.658. The van der Waals surface area contributed by atoms with Gasteiger partial charge in [-0.3, -0.25) is 0 Å². The fourth-order valence-corrected chi connectivity index (χ4v) is 2.58. The number of halogens is 1. The first-order valence-electron chi connectivity index (χ1n) is 5.78. The van der Waals surface area contributed by atoms with Crippen LogP contribution in [0.3, 0.4) is 0 Å². The maximum atomic E-state index is 5.88. The molecule has 0 bridgehead atoms. The summed E-state index contributed by atoms with van der Waals surface area (Å²) in [7, 11) is 0. The third-order valence-corrected chi connectivity index (χ3v) is 3.62. The molecule has 0 aliphatic heterocycles. The molecule has 1 aromatic heterocycles. The molecular weight excluding hydrogens is 290 g/mol. The fraction of sp³-hybridized carbons (Fsp3) is 0.133. The van der Waals surface area contributed by atoms with E-state index in [1.807, 2.05) is 37.3 Å². The fourth-order valence-electron chi connectivity index (χ4n) is 2.13. The molecule has 0 aliphatic rings. The molecule has 0 saturated carbocycles. The molecule has 3 heteroatoms. The summed E-state index contributed by atoms with van der Waals surface area (Å²) in [6, 6.07) is 12.1. The Morgan fingerprint density at radius 3 is 2.67 bits per heavy atom. The molecule has 0 spiro atoms. The molecule has 0 amide bonds. The average molecular weight is 302 g/mol. The van der Waals surface area contributed by atoms with Crippen LogP contribution in [-0.2, 0) is 0 Å². The van der Waals surface area contributed by atoms with Crippen LogP contribution < -0.4 is 0 Å². The Balaban J connectivity index is 2.26. The van der Waals surface area contributed by atoms with E-state index in [4.69, 9.17) is 4.42 Å². The largest absolute Gasteiger partial charge is 0.436 e. The molecule has 3 rings (SSSR count). The lowest BCUT2D eigenvalue weighted by molar-refractivity contribution is 0.617. The van der Waals surface area contributed by atoms with E-state index in [0.29, 0.717) is 5.89 Å². The zero-order valence-corrected chi connectivity index (χ0v) is 11.8. The zero-order valence-electron chi connectivity index (χ0n) is 10.2. The van der Waals surface area contributed by atoms with E-state index in [1.54, 1.807) is 0 Å². The number of fused-ring (bicyclic) bond motifs is 1. The van der Waals surface area contributed by atoms with Gasteiger partial charge in [-0.25, -0.2) is 4.98 Å². The van der Waals surface area contributed by atoms with Crippen LogP contribution in [0.1, 0.15) is 11.1 Å². The Kier molecular flexibility index (Phi) is 2.71. The minimum Gasteiger partial charge on any atom is -0.436 e. The molecule has 0 N–H and O–H groups in total. The van der Waals surface area contributed by atoms with Crippen molar-refractivity contribution in [2.45, 2.75) is 13.8 Å². The number of benzene rings is 2. The molecule has 1 heterocycles. The second kappa shape index (κ2) is 4.25. The van der Waals surface area contributed by atoms with Gasteiger partial charge in [0.1, 0.15) is 5.52 Å². The number of hydrogen-bond donors (Lipinski definition) is 0. The van der Waals surface area contributed by atoms with Crippen LogP contribution in [-0.4, -0.2) is 4.98 Å². The lowest BCUT2D eigenvalue weighted by Crippen LogP contribution is -1.79. The van der Waals surface area contributed by atoms with E-state index < -0.39 is 0 Å². The highest BCUT2D eigenvalue weighted by molar-refractivity contribution is 9.10. The van der Waals surface area contributed by atoms with Gasteiger partial charge in [0.25, 0.3) is 0 Å². The predicted molar refractivity (Wildman–Crippen MR) is 76.6 cm³/mol. The van der Waals surface area contributed by atoms with Gasteiger partial charge in [0.2, 0.25) is 5.89 Å². The highest BCUT2D eigenvalue weighted by atomic mass is 79.9. The van der Waals surface area contributed by atoms with Crippen LogP contribution in [0, 0.1) is 13.8 Å². The molecule has 18 heavy (non-hydrogen) atoms. The normalized spacial score (nSPS) is 11.1. The van der Waals surface area contributed by atoms with Crippen molar-refractivity contribution in [3.63, 3.8) is 0 Å². The smallest absolute Gasteiger partial charge is 0.228 e. The maximum Gasteiger partial charge on any atom is 0.228 e. The zero-order chi connectivity index (χ0) is 12.7. The first-order chi connectivity index (χ1) is 8.65. The van der Waals surface area contributed by atoms with Gasteiger partial charge in [-0.15, -0.1) is 0 Å². The van der Waals surface area contributed by atoms with Crippen LogP contribution in [0.4, 0.5) is 0 Å². The second-order valence-electron chi connectivity index (χ2n) is 4.43. The third-order valence-electron chi connectivity index (χ3n) is 2.92. The number of aromatic nitrogens is 1. The van der Waals surface area contributed by atoms with Gasteiger partial charge < -0.3 is 4.42 Å². The quantitative estimate of drug-likeness (QED) is 0.640. The van der Waals surface area contributed by atoms with E-state index in [-0.39, 0.29) is 0 Å². The molecule has 0 saturated heterocycles. The van der Waals surface area contributed by atoms with Gasteiger partial charge in [0.15, 0.2) is 5.58 Å². The Morgan fingerprint density at radius 2 is 1.89 bits per heavy atom. The highest BCUT2D eigenvalue weighted by Crippen LogP contribution is 2.31. The second-order valence-corrected chi connectivity index (χ2v) is 5.28. The maximum absolute atomic E-state index is 5.88. The molecule has 2 nitrogen and oxygen atoms in total. The van der Waals surface area contributed by atoms with Gasteiger partial charge in [-0.1, -0.05) is 18.2 Å². The topological polar surface area (TPSA) is 26.0 Å². The number of oxazole rings is 1. The van der Waals surface area contributed by atoms with Gasteiger partial charge in [-0.2, -0.15) is 0 Å². The molecule has 0 unspecified atom stereocenters. The Bertz CT molecular complexity index is 730. The van der Waals surface area contributed by atoms with Crippen molar-refractivity contribution in [1.29, 1.82) is 0 Å². The summed E-state index contributed by atoms with van der Waals surface area (Å²) in [4.78, 5) is 4.57. The number of aryl methyl sites for hydroxylation is 2. The number of hydrogen-bond acceptors (Lipinski definition) is 2. The van der Waals surface area contributed by atoms with E-state index in [2.05, 4.69) is 33.9 Å². The van der Waals surface area contributed by atoms with Crippen molar-refractivity contribution in [1.82, 2.24) is 4.98 Å². The van der Waals surface area contributed by atoms with E-state index in [0.717, 1.165) is 26.7 Å². The van der Waals surface area contributed by atoms with Crippen LogP contribution in [0.15, 0.2) is 45.3 Å². The first-order valence-corrected chi connectivity index (χ1v) is 6.57. The van der Waals surface area contributed by atoms with Crippen LogP contribution in [0.2, 0.25) is 0 Å². The molecule has 0 fully saturated rings. The van der Waals surface area contributed by atoms with Gasteiger partial charge in [-0.05, 0) is 59.1 Å². The number of rotatable bonds is 1. The average Bonchev–Trinajstić information content (AvgIpc) is 2.73. The van der Waals surface area contributed by atoms with Crippen molar-refractivity contribution >= 4 is 27.0 Å². The molecule has 0 aliphatic carbocycles. The molecule has 0 radical (unpaired) electrons. The predicted octanol–water partition coefficient (Wildman–Crippen LogP) is 4.87. The molecule has 90 valence electrons. The van der Waals surface area contributed by atoms with Crippen LogP contribution in [0.5, 0.6) is 0 Å². The van der Waals surface area contributed by atoms with Crippen LogP contribution in [0.25, 0.3) is 22.6 Å². The SMILES string of the molecule is Cc1cc(C)c2oc(-c3ccccc3Br)nc2c1. The Morgan fingerprint density at radius 1 is 1.11 bits per heavy atom. The monoisotopic (exact) mass is 301 g/mol. The minimum absolute atomic E-state index is 0.658. The third kappa shape index (κ3) is 1.85.